The third-order valence-electron chi connectivity index (χ3n) is 4.50. The van der Waals surface area contributed by atoms with Gasteiger partial charge in [0, 0.05) is 18.9 Å². The Balaban J connectivity index is 0.000000271. The molecule has 150 valence electrons. The van der Waals surface area contributed by atoms with E-state index < -0.39 is 5.82 Å². The van der Waals surface area contributed by atoms with E-state index in [0.29, 0.717) is 23.5 Å². The van der Waals surface area contributed by atoms with Crippen molar-refractivity contribution in [1.29, 1.82) is 0 Å². The van der Waals surface area contributed by atoms with Gasteiger partial charge in [0.15, 0.2) is 5.82 Å². The van der Waals surface area contributed by atoms with Gasteiger partial charge in [-0.1, -0.05) is 26.8 Å². The molecule has 1 atom stereocenters. The molecule has 4 heterocycles. The maximum absolute atomic E-state index is 14.2. The Morgan fingerprint density at radius 3 is 2.57 bits per heavy atom. The van der Waals surface area contributed by atoms with Crippen LogP contribution in [-0.4, -0.2) is 44.0 Å². The Morgan fingerprint density at radius 2 is 2.04 bits per heavy atom. The van der Waals surface area contributed by atoms with Crippen LogP contribution in [0.4, 0.5) is 10.3 Å². The van der Waals surface area contributed by atoms with Crippen LogP contribution in [0.5, 0.6) is 0 Å². The lowest BCUT2D eigenvalue weighted by Crippen LogP contribution is -2.21. The van der Waals surface area contributed by atoms with Gasteiger partial charge >= 0.3 is 0 Å². The number of nitrogen functional groups attached to an aromatic ring is 1. The number of aliphatic hydroxyl groups excluding tert-OH is 1. The zero-order valence-corrected chi connectivity index (χ0v) is 16.4. The molecule has 1 unspecified atom stereocenters. The maximum Gasteiger partial charge on any atom is 0.238 e. The summed E-state index contributed by atoms with van der Waals surface area (Å²) < 4.78 is 20.5. The number of ether oxygens (including phenoxy) is 1. The van der Waals surface area contributed by atoms with Crippen molar-refractivity contribution in [1.82, 2.24) is 19.6 Å². The molecule has 1 aliphatic heterocycles. The predicted octanol–water partition coefficient (Wildman–Crippen LogP) is 2.97. The number of anilines is 1. The van der Waals surface area contributed by atoms with Crippen molar-refractivity contribution in [3.8, 4) is 11.4 Å². The largest absolute Gasteiger partial charge is 0.391 e. The summed E-state index contributed by atoms with van der Waals surface area (Å²) in [5.41, 5.74) is 8.00. The Bertz CT molecular complexity index is 928. The average Bonchev–Trinajstić information content (AvgIpc) is 2.97. The molecule has 3 aromatic heterocycles. The molecule has 28 heavy (non-hydrogen) atoms. The Hall–Kier alpha value is -2.58. The fraction of sp³-hybridized carbons (Fsp3) is 0.450. The lowest BCUT2D eigenvalue weighted by Gasteiger charge is -2.18. The lowest BCUT2D eigenvalue weighted by atomic mass is 9.88. The van der Waals surface area contributed by atoms with E-state index in [9.17, 15) is 4.39 Å². The van der Waals surface area contributed by atoms with Gasteiger partial charge in [0.05, 0.1) is 30.1 Å². The molecule has 0 aliphatic carbocycles. The predicted molar refractivity (Wildman–Crippen MR) is 105 cm³/mol. The van der Waals surface area contributed by atoms with Gasteiger partial charge in [-0.15, -0.1) is 5.10 Å². The molecule has 1 saturated heterocycles. The van der Waals surface area contributed by atoms with Crippen molar-refractivity contribution in [3.05, 3.63) is 42.0 Å². The van der Waals surface area contributed by atoms with Crippen LogP contribution in [-0.2, 0) is 10.2 Å². The highest BCUT2D eigenvalue weighted by atomic mass is 19.1. The van der Waals surface area contributed by atoms with Gasteiger partial charge < -0.3 is 15.6 Å². The first-order chi connectivity index (χ1) is 13.3. The van der Waals surface area contributed by atoms with Crippen LogP contribution in [0.1, 0.15) is 39.2 Å². The van der Waals surface area contributed by atoms with Crippen LogP contribution in [0.2, 0.25) is 0 Å². The van der Waals surface area contributed by atoms with Crippen molar-refractivity contribution >= 4 is 11.5 Å². The Morgan fingerprint density at radius 1 is 1.25 bits per heavy atom. The number of aliphatic hydroxyl groups is 1. The summed E-state index contributed by atoms with van der Waals surface area (Å²) in [5, 5.41) is 12.8. The van der Waals surface area contributed by atoms with Crippen molar-refractivity contribution < 1.29 is 14.2 Å². The molecule has 3 N–H and O–H groups in total. The summed E-state index contributed by atoms with van der Waals surface area (Å²) in [6, 6.07) is 5.11. The van der Waals surface area contributed by atoms with E-state index in [1.54, 1.807) is 12.3 Å². The van der Waals surface area contributed by atoms with E-state index in [-0.39, 0.29) is 17.5 Å². The fourth-order valence-corrected chi connectivity index (χ4v) is 2.88. The van der Waals surface area contributed by atoms with E-state index in [4.69, 9.17) is 15.6 Å². The van der Waals surface area contributed by atoms with Gasteiger partial charge in [0.25, 0.3) is 0 Å². The topological polar surface area (TPSA) is 98.6 Å². The molecule has 0 aromatic carbocycles. The minimum Gasteiger partial charge on any atom is -0.391 e. The van der Waals surface area contributed by atoms with Crippen LogP contribution >= 0.6 is 0 Å². The fourth-order valence-electron chi connectivity index (χ4n) is 2.88. The van der Waals surface area contributed by atoms with E-state index in [0.717, 1.165) is 25.0 Å². The van der Waals surface area contributed by atoms with Gasteiger partial charge in [0.1, 0.15) is 5.69 Å². The summed E-state index contributed by atoms with van der Waals surface area (Å²) >= 11 is 0. The van der Waals surface area contributed by atoms with Crippen molar-refractivity contribution in [2.45, 2.75) is 45.1 Å². The molecule has 0 radical (unpaired) electrons. The summed E-state index contributed by atoms with van der Waals surface area (Å²) in [6.07, 6.45) is 4.99. The molecule has 4 rings (SSSR count). The van der Waals surface area contributed by atoms with Gasteiger partial charge in [-0.3, -0.25) is 4.98 Å². The van der Waals surface area contributed by atoms with Gasteiger partial charge in [0.2, 0.25) is 5.95 Å². The van der Waals surface area contributed by atoms with Crippen LogP contribution in [0.25, 0.3) is 16.9 Å². The first-order valence-corrected chi connectivity index (χ1v) is 9.28. The molecular formula is C20H26FN5O2. The highest BCUT2D eigenvalue weighted by Gasteiger charge is 2.18. The molecule has 1 aliphatic rings. The molecule has 0 amide bonds. The SMILES string of the molecule is CC(C)(C)c1ccc(-c2c(F)cc3cnc(N)nn23)nc1.OC1CCCOC1. The van der Waals surface area contributed by atoms with Crippen molar-refractivity contribution in [3.63, 3.8) is 0 Å². The van der Waals surface area contributed by atoms with Crippen LogP contribution in [0, 0.1) is 5.82 Å². The van der Waals surface area contributed by atoms with Gasteiger partial charge in [-0.05, 0) is 29.9 Å². The van der Waals surface area contributed by atoms with E-state index in [2.05, 4.69) is 35.8 Å². The summed E-state index contributed by atoms with van der Waals surface area (Å²) in [7, 11) is 0. The highest BCUT2D eigenvalue weighted by Crippen LogP contribution is 2.27. The summed E-state index contributed by atoms with van der Waals surface area (Å²) in [4.78, 5) is 8.23. The molecule has 1 fully saturated rings. The van der Waals surface area contributed by atoms with Crippen LogP contribution in [0.3, 0.4) is 0 Å². The third-order valence-corrected chi connectivity index (χ3v) is 4.50. The van der Waals surface area contributed by atoms with Crippen LogP contribution in [0.15, 0.2) is 30.6 Å². The van der Waals surface area contributed by atoms with Gasteiger partial charge in [-0.2, -0.15) is 0 Å². The molecule has 3 aromatic rings. The zero-order chi connectivity index (χ0) is 20.3. The molecule has 7 nitrogen and oxygen atoms in total. The lowest BCUT2D eigenvalue weighted by molar-refractivity contribution is -0.00535. The normalized spacial score (nSPS) is 17.2. The smallest absolute Gasteiger partial charge is 0.238 e. The van der Waals surface area contributed by atoms with E-state index in [1.807, 2.05) is 6.07 Å². The Kier molecular flexibility index (Phi) is 5.90. The Labute approximate surface area is 163 Å². The number of rotatable bonds is 1. The molecule has 8 heteroatoms. The van der Waals surface area contributed by atoms with Crippen LogP contribution < -0.4 is 5.73 Å². The minimum atomic E-state index is -0.397. The summed E-state index contributed by atoms with van der Waals surface area (Å²) in [5.74, 6) is -0.309. The van der Waals surface area contributed by atoms with Gasteiger partial charge in [-0.25, -0.2) is 13.9 Å². The first-order valence-electron chi connectivity index (χ1n) is 9.28. The number of nitrogens with zero attached hydrogens (tertiary/aromatic N) is 4. The van der Waals surface area contributed by atoms with Crippen molar-refractivity contribution in [2.24, 2.45) is 0 Å². The van der Waals surface area contributed by atoms with E-state index >= 15 is 0 Å². The van der Waals surface area contributed by atoms with Crippen molar-refractivity contribution in [2.75, 3.05) is 18.9 Å². The number of aromatic nitrogens is 4. The number of nitrogens with two attached hydrogens (primary N) is 1. The first kappa shape index (κ1) is 20.2. The standard InChI is InChI=1S/C15H16FN5.C5H10O2/c1-15(2,3)9-4-5-12(18-7-9)13-11(16)6-10-8-19-14(17)20-21(10)13;6-5-2-1-3-7-4-5/h4-8H,1-3H3,(H2,17,20);5-6H,1-4H2. The number of hydrogen-bond donors (Lipinski definition) is 2. The second-order valence-electron chi connectivity index (χ2n) is 7.85. The maximum atomic E-state index is 14.2. The molecule has 0 bridgehead atoms. The molecule has 0 spiro atoms. The second kappa shape index (κ2) is 8.20. The third kappa shape index (κ3) is 4.63. The minimum absolute atomic E-state index is 0.00208. The summed E-state index contributed by atoms with van der Waals surface area (Å²) in [6.45, 7) is 7.68. The average molecular weight is 387 g/mol. The monoisotopic (exact) mass is 387 g/mol. The number of hydrogen-bond acceptors (Lipinski definition) is 6. The number of halogens is 1. The second-order valence-corrected chi connectivity index (χ2v) is 7.85. The zero-order valence-electron chi connectivity index (χ0n) is 16.4. The number of pyridine rings is 1. The highest BCUT2D eigenvalue weighted by molar-refractivity contribution is 5.64. The van der Waals surface area contributed by atoms with E-state index in [1.165, 1.54) is 16.8 Å². The number of fused-ring (bicyclic) bond motifs is 1. The molecule has 0 saturated carbocycles. The molecular weight excluding hydrogens is 361 g/mol. The quantitative estimate of drug-likeness (QED) is 0.666.